The van der Waals surface area contributed by atoms with Gasteiger partial charge >= 0.3 is 0 Å². The summed E-state index contributed by atoms with van der Waals surface area (Å²) in [7, 11) is 0. The fourth-order valence-corrected chi connectivity index (χ4v) is 3.09. The van der Waals surface area contributed by atoms with Crippen LogP contribution in [0.1, 0.15) is 5.56 Å². The Hall–Kier alpha value is -0.630. The predicted octanol–water partition coefficient (Wildman–Crippen LogP) is -0.280. The van der Waals surface area contributed by atoms with Crippen LogP contribution >= 0.6 is 11.8 Å². The molecule has 0 aromatic heterocycles. The molecule has 0 saturated carbocycles. The molecule has 106 valence electrons. The first-order chi connectivity index (χ1) is 9.13. The first-order valence-electron chi connectivity index (χ1n) is 6.09. The molecule has 0 amide bonds. The van der Waals surface area contributed by atoms with Crippen LogP contribution in [0.2, 0.25) is 0 Å². The van der Waals surface area contributed by atoms with E-state index in [1.807, 2.05) is 30.3 Å². The molecule has 0 unspecified atom stereocenters. The Morgan fingerprint density at radius 3 is 2.32 bits per heavy atom. The summed E-state index contributed by atoms with van der Waals surface area (Å²) in [5, 5.41) is 38.3. The van der Waals surface area contributed by atoms with E-state index < -0.39 is 36.5 Å². The van der Waals surface area contributed by atoms with Gasteiger partial charge in [0.15, 0.2) is 0 Å². The summed E-state index contributed by atoms with van der Waals surface area (Å²) in [5.41, 5.74) is 0.403. The molecular formula is C13H18O5S. The molecule has 0 bridgehead atoms. The average molecular weight is 286 g/mol. The molecular weight excluding hydrogens is 268 g/mol. The van der Waals surface area contributed by atoms with Crippen LogP contribution in [-0.4, -0.2) is 56.9 Å². The molecule has 1 aromatic rings. The first kappa shape index (κ1) is 14.8. The highest BCUT2D eigenvalue weighted by atomic mass is 32.2. The van der Waals surface area contributed by atoms with Crippen molar-refractivity contribution in [2.24, 2.45) is 0 Å². The van der Waals surface area contributed by atoms with Crippen molar-refractivity contribution in [3.8, 4) is 0 Å². The minimum Gasteiger partial charge on any atom is -0.394 e. The Kier molecular flexibility index (Phi) is 5.20. The van der Waals surface area contributed by atoms with Crippen molar-refractivity contribution in [1.82, 2.24) is 0 Å². The normalized spacial score (nSPS) is 35.3. The molecule has 0 aliphatic carbocycles. The molecule has 1 heterocycles. The van der Waals surface area contributed by atoms with Gasteiger partial charge in [-0.05, 0) is 5.56 Å². The second-order valence-electron chi connectivity index (χ2n) is 4.49. The lowest BCUT2D eigenvalue weighted by Gasteiger charge is -2.39. The van der Waals surface area contributed by atoms with Gasteiger partial charge in [-0.3, -0.25) is 0 Å². The smallest absolute Gasteiger partial charge is 0.132 e. The van der Waals surface area contributed by atoms with E-state index in [0.717, 1.165) is 5.56 Å². The quantitative estimate of drug-likeness (QED) is 0.609. The van der Waals surface area contributed by atoms with E-state index in [-0.39, 0.29) is 0 Å². The second-order valence-corrected chi connectivity index (χ2v) is 5.58. The lowest BCUT2D eigenvalue weighted by atomic mass is 10.0. The van der Waals surface area contributed by atoms with E-state index in [4.69, 9.17) is 9.84 Å². The third-order valence-corrected chi connectivity index (χ3v) is 4.32. The average Bonchev–Trinajstić information content (AvgIpc) is 2.45. The molecule has 2 rings (SSSR count). The number of thioether (sulfide) groups is 1. The van der Waals surface area contributed by atoms with Crippen molar-refractivity contribution >= 4 is 11.8 Å². The van der Waals surface area contributed by atoms with E-state index in [2.05, 4.69) is 0 Å². The highest BCUT2D eigenvalue weighted by Gasteiger charge is 2.43. The summed E-state index contributed by atoms with van der Waals surface area (Å²) in [6.45, 7) is -0.395. The lowest BCUT2D eigenvalue weighted by Crippen LogP contribution is -2.57. The topological polar surface area (TPSA) is 90.2 Å². The SMILES string of the molecule is OC[C@H]1O[C@@H](SCc2ccccc2)[C@H](O)[C@@H](O)[C@@H]1O. The number of ether oxygens (including phenoxy) is 1. The number of rotatable bonds is 4. The van der Waals surface area contributed by atoms with Crippen molar-refractivity contribution < 1.29 is 25.2 Å². The second kappa shape index (κ2) is 6.69. The van der Waals surface area contributed by atoms with Gasteiger partial charge in [0.05, 0.1) is 6.61 Å². The molecule has 1 aliphatic heterocycles. The molecule has 5 nitrogen and oxygen atoms in total. The largest absolute Gasteiger partial charge is 0.394 e. The van der Waals surface area contributed by atoms with Crippen molar-refractivity contribution in [3.63, 3.8) is 0 Å². The van der Waals surface area contributed by atoms with Gasteiger partial charge in [0.2, 0.25) is 0 Å². The molecule has 19 heavy (non-hydrogen) atoms. The standard InChI is InChI=1S/C13H18O5S/c14-6-9-10(15)11(16)12(17)13(18-9)19-7-8-4-2-1-3-5-8/h1-5,9-17H,6-7H2/t9-,10-,11+,12-,13+/m1/s1. The molecule has 1 fully saturated rings. The van der Waals surface area contributed by atoms with Gasteiger partial charge in [-0.1, -0.05) is 30.3 Å². The van der Waals surface area contributed by atoms with Gasteiger partial charge in [-0.25, -0.2) is 0 Å². The Labute approximate surface area is 115 Å². The van der Waals surface area contributed by atoms with Crippen molar-refractivity contribution in [2.75, 3.05) is 6.61 Å². The van der Waals surface area contributed by atoms with Crippen LogP contribution in [0.15, 0.2) is 30.3 Å². The van der Waals surface area contributed by atoms with E-state index in [1.165, 1.54) is 11.8 Å². The minimum absolute atomic E-state index is 0.395. The summed E-state index contributed by atoms with van der Waals surface area (Å²) >= 11 is 1.33. The van der Waals surface area contributed by atoms with Crippen molar-refractivity contribution in [1.29, 1.82) is 0 Å². The first-order valence-corrected chi connectivity index (χ1v) is 7.14. The van der Waals surface area contributed by atoms with E-state index in [1.54, 1.807) is 0 Å². The van der Waals surface area contributed by atoms with E-state index in [0.29, 0.717) is 5.75 Å². The number of benzene rings is 1. The van der Waals surface area contributed by atoms with Crippen molar-refractivity contribution in [3.05, 3.63) is 35.9 Å². The van der Waals surface area contributed by atoms with Crippen LogP contribution in [0.25, 0.3) is 0 Å². The van der Waals surface area contributed by atoms with Crippen LogP contribution in [-0.2, 0) is 10.5 Å². The van der Waals surface area contributed by atoms with E-state index >= 15 is 0 Å². The summed E-state index contributed by atoms with van der Waals surface area (Å²) < 4.78 is 5.41. The number of aliphatic hydroxyl groups is 4. The fourth-order valence-electron chi connectivity index (χ4n) is 1.96. The Morgan fingerprint density at radius 2 is 1.68 bits per heavy atom. The maximum absolute atomic E-state index is 9.86. The van der Waals surface area contributed by atoms with Gasteiger partial charge in [0.25, 0.3) is 0 Å². The highest BCUT2D eigenvalue weighted by Crippen LogP contribution is 2.30. The van der Waals surface area contributed by atoms with Crippen LogP contribution in [0, 0.1) is 0 Å². The van der Waals surface area contributed by atoms with Crippen LogP contribution < -0.4 is 0 Å². The van der Waals surface area contributed by atoms with Crippen LogP contribution in [0.3, 0.4) is 0 Å². The maximum Gasteiger partial charge on any atom is 0.132 e. The fraction of sp³-hybridized carbons (Fsp3) is 0.538. The molecule has 6 heteroatoms. The third kappa shape index (κ3) is 3.47. The molecule has 1 saturated heterocycles. The van der Waals surface area contributed by atoms with Crippen LogP contribution in [0.5, 0.6) is 0 Å². The summed E-state index contributed by atoms with van der Waals surface area (Å²) in [6.07, 6.45) is -4.62. The minimum atomic E-state index is -1.31. The lowest BCUT2D eigenvalue weighted by molar-refractivity contribution is -0.205. The summed E-state index contributed by atoms with van der Waals surface area (Å²) in [4.78, 5) is 0. The zero-order valence-electron chi connectivity index (χ0n) is 10.3. The van der Waals surface area contributed by atoms with Gasteiger partial charge < -0.3 is 25.2 Å². The molecule has 5 atom stereocenters. The predicted molar refractivity (Wildman–Crippen MR) is 71.5 cm³/mol. The monoisotopic (exact) mass is 286 g/mol. The van der Waals surface area contributed by atoms with E-state index in [9.17, 15) is 15.3 Å². The number of aliphatic hydroxyl groups excluding tert-OH is 4. The Bertz CT molecular complexity index is 386. The van der Waals surface area contributed by atoms with Gasteiger partial charge in [0, 0.05) is 5.75 Å². The zero-order chi connectivity index (χ0) is 13.8. The highest BCUT2D eigenvalue weighted by molar-refractivity contribution is 7.99. The number of hydrogen-bond acceptors (Lipinski definition) is 6. The van der Waals surface area contributed by atoms with Crippen LogP contribution in [0.4, 0.5) is 0 Å². The maximum atomic E-state index is 9.86. The summed E-state index contributed by atoms with van der Waals surface area (Å²) in [6, 6.07) is 9.67. The zero-order valence-corrected chi connectivity index (χ0v) is 11.1. The van der Waals surface area contributed by atoms with Gasteiger partial charge in [-0.2, -0.15) is 0 Å². The molecule has 1 aromatic carbocycles. The van der Waals surface area contributed by atoms with Gasteiger partial charge in [0.1, 0.15) is 29.9 Å². The third-order valence-electron chi connectivity index (χ3n) is 3.11. The number of hydrogen-bond donors (Lipinski definition) is 4. The summed E-state index contributed by atoms with van der Waals surface area (Å²) in [5.74, 6) is 0.615. The van der Waals surface area contributed by atoms with Crippen molar-refractivity contribution in [2.45, 2.75) is 35.6 Å². The molecule has 1 aliphatic rings. The molecule has 0 spiro atoms. The Balaban J connectivity index is 1.95. The Morgan fingerprint density at radius 1 is 1.00 bits per heavy atom. The molecule has 4 N–H and O–H groups in total. The van der Waals surface area contributed by atoms with Gasteiger partial charge in [-0.15, -0.1) is 11.8 Å². The molecule has 0 radical (unpaired) electrons.